The van der Waals surface area contributed by atoms with Crippen molar-refractivity contribution in [1.82, 2.24) is 0 Å². The Morgan fingerprint density at radius 3 is 1.81 bits per heavy atom. The first kappa shape index (κ1) is 25.2. The van der Waals surface area contributed by atoms with Crippen molar-refractivity contribution in [3.8, 4) is 11.5 Å². The van der Waals surface area contributed by atoms with Crippen LogP contribution in [0.4, 0.5) is 13.2 Å². The van der Waals surface area contributed by atoms with Crippen molar-refractivity contribution in [2.75, 3.05) is 6.61 Å². The van der Waals surface area contributed by atoms with Gasteiger partial charge in [-0.3, -0.25) is 0 Å². The molecule has 0 heterocycles. The molecule has 0 unspecified atom stereocenters. The second-order valence-electron chi connectivity index (χ2n) is 10.1. The van der Waals surface area contributed by atoms with Gasteiger partial charge in [0.15, 0.2) is 0 Å². The van der Waals surface area contributed by atoms with Gasteiger partial charge in [-0.2, -0.15) is 0 Å². The molecule has 0 amide bonds. The monoisotopic (exact) mass is 454 g/mol. The average molecular weight is 455 g/mol. The van der Waals surface area contributed by atoms with Crippen molar-refractivity contribution >= 4 is 0 Å². The normalized spacial score (nSPS) is 26.6. The van der Waals surface area contributed by atoms with Gasteiger partial charge in [-0.15, -0.1) is 13.2 Å². The third kappa shape index (κ3) is 8.86. The minimum absolute atomic E-state index is 0.212. The van der Waals surface area contributed by atoms with Crippen LogP contribution in [0, 0.1) is 23.7 Å². The van der Waals surface area contributed by atoms with Crippen molar-refractivity contribution < 1.29 is 22.6 Å². The Bertz CT molecular complexity index is 627. The molecule has 2 aliphatic rings. The SMILES string of the molecule is CCCCCCCC1CCC(C2CCC(COc3ccc(OC(F)(F)F)cc3)CC2)CC1. The molecule has 0 saturated heterocycles. The van der Waals surface area contributed by atoms with Crippen molar-refractivity contribution in [2.45, 2.75) is 103 Å². The summed E-state index contributed by atoms with van der Waals surface area (Å²) in [4.78, 5) is 0. The van der Waals surface area contributed by atoms with Gasteiger partial charge in [-0.1, -0.05) is 58.3 Å². The Morgan fingerprint density at radius 2 is 1.25 bits per heavy atom. The van der Waals surface area contributed by atoms with Gasteiger partial charge < -0.3 is 9.47 Å². The van der Waals surface area contributed by atoms with Gasteiger partial charge >= 0.3 is 6.36 Å². The van der Waals surface area contributed by atoms with E-state index >= 15 is 0 Å². The smallest absolute Gasteiger partial charge is 0.493 e. The quantitative estimate of drug-likeness (QED) is 0.311. The lowest BCUT2D eigenvalue weighted by Crippen LogP contribution is -2.27. The molecule has 2 fully saturated rings. The molecular formula is C27H41F3O2. The van der Waals surface area contributed by atoms with E-state index in [9.17, 15) is 13.2 Å². The lowest BCUT2D eigenvalue weighted by molar-refractivity contribution is -0.274. The van der Waals surface area contributed by atoms with Crippen LogP contribution in [0.25, 0.3) is 0 Å². The van der Waals surface area contributed by atoms with E-state index in [0.717, 1.165) is 17.8 Å². The summed E-state index contributed by atoms with van der Waals surface area (Å²) in [5.41, 5.74) is 0. The summed E-state index contributed by atoms with van der Waals surface area (Å²) in [6.45, 7) is 2.93. The zero-order chi connectivity index (χ0) is 22.8. The van der Waals surface area contributed by atoms with Crippen LogP contribution in [0.15, 0.2) is 24.3 Å². The zero-order valence-electron chi connectivity index (χ0n) is 19.7. The van der Waals surface area contributed by atoms with Crippen LogP contribution in [0.2, 0.25) is 0 Å². The third-order valence-electron chi connectivity index (χ3n) is 7.71. The third-order valence-corrected chi connectivity index (χ3v) is 7.71. The highest BCUT2D eigenvalue weighted by atomic mass is 19.4. The highest BCUT2D eigenvalue weighted by Gasteiger charge is 2.32. The number of hydrogen-bond acceptors (Lipinski definition) is 2. The van der Waals surface area contributed by atoms with Gasteiger partial charge in [0, 0.05) is 0 Å². The Labute approximate surface area is 192 Å². The molecule has 182 valence electrons. The molecule has 0 atom stereocenters. The van der Waals surface area contributed by atoms with Crippen LogP contribution in [0.3, 0.4) is 0 Å². The largest absolute Gasteiger partial charge is 0.573 e. The Balaban J connectivity index is 1.29. The molecule has 1 aromatic carbocycles. The van der Waals surface area contributed by atoms with Crippen LogP contribution >= 0.6 is 0 Å². The van der Waals surface area contributed by atoms with Crippen molar-refractivity contribution in [3.63, 3.8) is 0 Å². The second kappa shape index (κ2) is 12.7. The topological polar surface area (TPSA) is 18.5 Å². The molecule has 2 nitrogen and oxygen atoms in total. The van der Waals surface area contributed by atoms with Gasteiger partial charge in [0.05, 0.1) is 6.61 Å². The predicted octanol–water partition coefficient (Wildman–Crippen LogP) is 8.94. The minimum Gasteiger partial charge on any atom is -0.493 e. The lowest BCUT2D eigenvalue weighted by Gasteiger charge is -2.38. The first-order valence-corrected chi connectivity index (χ1v) is 12.9. The van der Waals surface area contributed by atoms with E-state index in [4.69, 9.17) is 4.74 Å². The van der Waals surface area contributed by atoms with E-state index in [-0.39, 0.29) is 5.75 Å². The van der Waals surface area contributed by atoms with E-state index in [2.05, 4.69) is 11.7 Å². The number of halogens is 3. The average Bonchev–Trinajstić information content (AvgIpc) is 2.78. The first-order chi connectivity index (χ1) is 15.4. The fourth-order valence-electron chi connectivity index (χ4n) is 5.76. The van der Waals surface area contributed by atoms with Gasteiger partial charge in [-0.05, 0) is 86.5 Å². The maximum atomic E-state index is 12.3. The molecule has 0 bridgehead atoms. The summed E-state index contributed by atoms with van der Waals surface area (Å²) in [6, 6.07) is 5.71. The fraction of sp³-hybridized carbons (Fsp3) is 0.778. The summed E-state index contributed by atoms with van der Waals surface area (Å²) < 4.78 is 46.5. The molecule has 0 aliphatic heterocycles. The molecule has 0 radical (unpaired) electrons. The van der Waals surface area contributed by atoms with E-state index in [1.165, 1.54) is 102 Å². The van der Waals surface area contributed by atoms with Crippen LogP contribution in [0.1, 0.15) is 96.8 Å². The van der Waals surface area contributed by atoms with E-state index < -0.39 is 6.36 Å². The van der Waals surface area contributed by atoms with Crippen LogP contribution in [-0.4, -0.2) is 13.0 Å². The molecule has 2 saturated carbocycles. The molecule has 5 heteroatoms. The van der Waals surface area contributed by atoms with E-state index in [0.29, 0.717) is 18.3 Å². The van der Waals surface area contributed by atoms with E-state index in [1.54, 1.807) is 12.1 Å². The van der Waals surface area contributed by atoms with Crippen molar-refractivity contribution in [1.29, 1.82) is 0 Å². The van der Waals surface area contributed by atoms with Gasteiger partial charge in [0.2, 0.25) is 0 Å². The van der Waals surface area contributed by atoms with Crippen LogP contribution in [0.5, 0.6) is 11.5 Å². The lowest BCUT2D eigenvalue weighted by atomic mass is 9.69. The highest BCUT2D eigenvalue weighted by molar-refractivity contribution is 5.31. The first-order valence-electron chi connectivity index (χ1n) is 12.9. The fourth-order valence-corrected chi connectivity index (χ4v) is 5.76. The summed E-state index contributed by atoms with van der Waals surface area (Å²) in [5.74, 6) is 3.73. The molecule has 32 heavy (non-hydrogen) atoms. The number of ether oxygens (including phenoxy) is 2. The van der Waals surface area contributed by atoms with Crippen molar-refractivity contribution in [3.05, 3.63) is 24.3 Å². The number of rotatable bonds is 11. The number of alkyl halides is 3. The molecule has 0 aromatic heterocycles. The Hall–Kier alpha value is -1.39. The summed E-state index contributed by atoms with van der Waals surface area (Å²) in [6.07, 6.45) is 14.5. The molecule has 0 N–H and O–H groups in total. The maximum absolute atomic E-state index is 12.3. The number of hydrogen-bond donors (Lipinski definition) is 0. The van der Waals surface area contributed by atoms with Crippen LogP contribution < -0.4 is 9.47 Å². The minimum atomic E-state index is -4.66. The summed E-state index contributed by atoms with van der Waals surface area (Å²) >= 11 is 0. The van der Waals surface area contributed by atoms with Gasteiger partial charge in [-0.25, -0.2) is 0 Å². The predicted molar refractivity (Wildman–Crippen MR) is 123 cm³/mol. The Kier molecular flexibility index (Phi) is 10.1. The standard InChI is InChI=1S/C27H41F3O2/c1-2-3-4-5-6-7-21-8-12-23(13-9-21)24-14-10-22(11-15-24)20-31-25-16-18-26(19-17-25)32-27(28,29)30/h16-19,21-24H,2-15,20H2,1H3. The van der Waals surface area contributed by atoms with E-state index in [1.807, 2.05) is 0 Å². The van der Waals surface area contributed by atoms with Crippen molar-refractivity contribution in [2.24, 2.45) is 23.7 Å². The van der Waals surface area contributed by atoms with Gasteiger partial charge in [0.1, 0.15) is 11.5 Å². The highest BCUT2D eigenvalue weighted by Crippen LogP contribution is 2.42. The number of benzene rings is 1. The molecule has 2 aliphatic carbocycles. The van der Waals surface area contributed by atoms with Crippen LogP contribution in [-0.2, 0) is 0 Å². The molecule has 0 spiro atoms. The molecule has 3 rings (SSSR count). The molecule has 1 aromatic rings. The Morgan fingerprint density at radius 1 is 0.719 bits per heavy atom. The number of unbranched alkanes of at least 4 members (excludes halogenated alkanes) is 4. The second-order valence-corrected chi connectivity index (χ2v) is 10.1. The molecular weight excluding hydrogens is 413 g/mol. The maximum Gasteiger partial charge on any atom is 0.573 e. The summed E-state index contributed by atoms with van der Waals surface area (Å²) in [5, 5.41) is 0. The zero-order valence-corrected chi connectivity index (χ0v) is 19.7. The summed E-state index contributed by atoms with van der Waals surface area (Å²) in [7, 11) is 0. The van der Waals surface area contributed by atoms with Gasteiger partial charge in [0.25, 0.3) is 0 Å².